The summed E-state index contributed by atoms with van der Waals surface area (Å²) >= 11 is 3.41. The predicted molar refractivity (Wildman–Crippen MR) is 80.6 cm³/mol. The Morgan fingerprint density at radius 3 is 2.81 bits per heavy atom. The SMILES string of the molecule is C=C1Nc2ncnn2C(c2ccc(Br)cc2)C1C(=O)OC. The first-order valence-electron chi connectivity index (χ1n) is 6.30. The number of methoxy groups -OCH3 is 1. The molecule has 0 saturated heterocycles. The molecule has 7 heteroatoms. The van der Waals surface area contributed by atoms with E-state index < -0.39 is 5.92 Å². The van der Waals surface area contributed by atoms with Gasteiger partial charge in [-0.2, -0.15) is 10.1 Å². The summed E-state index contributed by atoms with van der Waals surface area (Å²) in [5.41, 5.74) is 1.48. The van der Waals surface area contributed by atoms with E-state index in [1.54, 1.807) is 4.68 Å². The van der Waals surface area contributed by atoms with Gasteiger partial charge in [0, 0.05) is 10.2 Å². The second-order valence-corrected chi connectivity index (χ2v) is 5.59. The van der Waals surface area contributed by atoms with Gasteiger partial charge in [-0.3, -0.25) is 4.79 Å². The lowest BCUT2D eigenvalue weighted by molar-refractivity contribution is -0.145. The third-order valence-electron chi connectivity index (χ3n) is 3.47. The lowest BCUT2D eigenvalue weighted by atomic mass is 9.89. The minimum absolute atomic E-state index is 0.336. The molecule has 1 aromatic carbocycles. The summed E-state index contributed by atoms with van der Waals surface area (Å²) in [6.45, 7) is 3.93. The van der Waals surface area contributed by atoms with Crippen LogP contribution in [-0.2, 0) is 9.53 Å². The highest BCUT2D eigenvalue weighted by Crippen LogP contribution is 2.37. The van der Waals surface area contributed by atoms with Crippen LogP contribution in [0.25, 0.3) is 0 Å². The molecule has 3 rings (SSSR count). The molecule has 0 spiro atoms. The van der Waals surface area contributed by atoms with Gasteiger partial charge < -0.3 is 10.1 Å². The molecule has 6 nitrogen and oxygen atoms in total. The number of anilines is 1. The van der Waals surface area contributed by atoms with Crippen molar-refractivity contribution in [2.24, 2.45) is 5.92 Å². The number of nitrogens with zero attached hydrogens (tertiary/aromatic N) is 3. The smallest absolute Gasteiger partial charge is 0.317 e. The van der Waals surface area contributed by atoms with Crippen LogP contribution in [0.1, 0.15) is 11.6 Å². The number of benzene rings is 1. The largest absolute Gasteiger partial charge is 0.468 e. The first-order valence-corrected chi connectivity index (χ1v) is 7.09. The van der Waals surface area contributed by atoms with Crippen molar-refractivity contribution in [2.75, 3.05) is 12.4 Å². The summed E-state index contributed by atoms with van der Waals surface area (Å²) in [6, 6.07) is 7.39. The Bertz CT molecular complexity index is 695. The number of aromatic nitrogens is 3. The Kier molecular flexibility index (Phi) is 3.50. The Hall–Kier alpha value is -2.15. The van der Waals surface area contributed by atoms with E-state index in [0.29, 0.717) is 11.6 Å². The molecule has 0 aliphatic carbocycles. The van der Waals surface area contributed by atoms with Crippen molar-refractivity contribution in [3.05, 3.63) is 52.9 Å². The van der Waals surface area contributed by atoms with E-state index in [-0.39, 0.29) is 12.0 Å². The third-order valence-corrected chi connectivity index (χ3v) is 4.00. The lowest BCUT2D eigenvalue weighted by Crippen LogP contribution is -2.37. The van der Waals surface area contributed by atoms with Crippen molar-refractivity contribution < 1.29 is 9.53 Å². The van der Waals surface area contributed by atoms with Crippen molar-refractivity contribution in [3.8, 4) is 0 Å². The molecule has 1 aromatic heterocycles. The fourth-order valence-electron chi connectivity index (χ4n) is 2.49. The van der Waals surface area contributed by atoms with Crippen LogP contribution in [0.15, 0.2) is 47.3 Å². The van der Waals surface area contributed by atoms with Crippen LogP contribution in [0.5, 0.6) is 0 Å². The molecule has 0 amide bonds. The van der Waals surface area contributed by atoms with E-state index >= 15 is 0 Å². The van der Waals surface area contributed by atoms with E-state index in [1.165, 1.54) is 13.4 Å². The highest BCUT2D eigenvalue weighted by molar-refractivity contribution is 9.10. The molecule has 0 fully saturated rings. The normalized spacial score (nSPS) is 20.6. The van der Waals surface area contributed by atoms with Crippen LogP contribution < -0.4 is 5.32 Å². The molecule has 21 heavy (non-hydrogen) atoms. The van der Waals surface area contributed by atoms with Crippen molar-refractivity contribution >= 4 is 27.8 Å². The van der Waals surface area contributed by atoms with Gasteiger partial charge in [0.15, 0.2) is 0 Å². The second kappa shape index (κ2) is 5.33. The van der Waals surface area contributed by atoms with Gasteiger partial charge in [0.05, 0.1) is 13.2 Å². The Labute approximate surface area is 130 Å². The zero-order valence-electron chi connectivity index (χ0n) is 11.3. The second-order valence-electron chi connectivity index (χ2n) is 4.68. The Balaban J connectivity index is 2.13. The number of hydrogen-bond acceptors (Lipinski definition) is 5. The molecule has 1 aliphatic rings. The van der Waals surface area contributed by atoms with E-state index in [4.69, 9.17) is 4.74 Å². The summed E-state index contributed by atoms with van der Waals surface area (Å²) in [5.74, 6) is -0.361. The van der Waals surface area contributed by atoms with Crippen LogP contribution in [0.4, 0.5) is 5.95 Å². The Morgan fingerprint density at radius 2 is 2.14 bits per heavy atom. The van der Waals surface area contributed by atoms with Gasteiger partial charge in [-0.25, -0.2) is 4.68 Å². The van der Waals surface area contributed by atoms with Gasteiger partial charge in [0.2, 0.25) is 5.95 Å². The number of nitrogens with one attached hydrogen (secondary N) is 1. The summed E-state index contributed by atoms with van der Waals surface area (Å²) in [5, 5.41) is 7.22. The fraction of sp³-hybridized carbons (Fsp3) is 0.214. The van der Waals surface area contributed by atoms with E-state index in [1.807, 2.05) is 24.3 Å². The van der Waals surface area contributed by atoms with Crippen molar-refractivity contribution in [1.29, 1.82) is 0 Å². The van der Waals surface area contributed by atoms with Gasteiger partial charge in [0.25, 0.3) is 0 Å². The van der Waals surface area contributed by atoms with E-state index in [9.17, 15) is 4.79 Å². The summed E-state index contributed by atoms with van der Waals surface area (Å²) in [4.78, 5) is 16.3. The molecule has 2 unspecified atom stereocenters. The van der Waals surface area contributed by atoms with Gasteiger partial charge in [0.1, 0.15) is 12.2 Å². The molecule has 0 saturated carbocycles. The molecule has 0 radical (unpaired) electrons. The quantitative estimate of drug-likeness (QED) is 0.843. The molecule has 1 N–H and O–H groups in total. The molecule has 0 bridgehead atoms. The maximum Gasteiger partial charge on any atom is 0.317 e. The maximum absolute atomic E-state index is 12.2. The first-order chi connectivity index (χ1) is 10.1. The molecular weight excluding hydrogens is 336 g/mol. The number of fused-ring (bicyclic) bond motifs is 1. The standard InChI is InChI=1S/C14H13BrN4O2/c1-8-11(13(20)21-2)12(9-3-5-10(15)6-4-9)19-14(18-8)16-7-17-19/h3-7,11-12H,1H2,2H3,(H,16,17,18). The van der Waals surface area contributed by atoms with Crippen LogP contribution in [0, 0.1) is 5.92 Å². The monoisotopic (exact) mass is 348 g/mol. The summed E-state index contributed by atoms with van der Waals surface area (Å²) in [6.07, 6.45) is 1.45. The number of rotatable bonds is 2. The van der Waals surface area contributed by atoms with Gasteiger partial charge in [-0.1, -0.05) is 34.6 Å². The van der Waals surface area contributed by atoms with E-state index in [2.05, 4.69) is 37.9 Å². The number of hydrogen-bond donors (Lipinski definition) is 1. The summed E-state index contributed by atoms with van der Waals surface area (Å²) in [7, 11) is 1.37. The van der Waals surface area contributed by atoms with Gasteiger partial charge >= 0.3 is 5.97 Å². The van der Waals surface area contributed by atoms with Crippen LogP contribution >= 0.6 is 15.9 Å². The zero-order valence-corrected chi connectivity index (χ0v) is 12.9. The highest BCUT2D eigenvalue weighted by atomic mass is 79.9. The average Bonchev–Trinajstić information content (AvgIpc) is 2.94. The van der Waals surface area contributed by atoms with Crippen LogP contribution in [-0.4, -0.2) is 27.8 Å². The molecule has 2 atom stereocenters. The van der Waals surface area contributed by atoms with Crippen molar-refractivity contribution in [2.45, 2.75) is 6.04 Å². The minimum Gasteiger partial charge on any atom is -0.468 e. The molecular formula is C14H13BrN4O2. The number of carbonyl (C=O) groups is 1. The number of halogens is 1. The number of ether oxygens (including phenoxy) is 1. The number of esters is 1. The molecule has 108 valence electrons. The third kappa shape index (κ3) is 2.33. The van der Waals surface area contributed by atoms with Gasteiger partial charge in [-0.05, 0) is 17.7 Å². The highest BCUT2D eigenvalue weighted by Gasteiger charge is 2.40. The van der Waals surface area contributed by atoms with Crippen LogP contribution in [0.3, 0.4) is 0 Å². The van der Waals surface area contributed by atoms with E-state index in [0.717, 1.165) is 10.0 Å². The first kappa shape index (κ1) is 13.8. The molecule has 2 heterocycles. The maximum atomic E-state index is 12.2. The zero-order chi connectivity index (χ0) is 15.0. The van der Waals surface area contributed by atoms with Crippen LogP contribution in [0.2, 0.25) is 0 Å². The minimum atomic E-state index is -0.564. The fourth-order valence-corrected chi connectivity index (χ4v) is 2.75. The molecule has 1 aliphatic heterocycles. The van der Waals surface area contributed by atoms with Crippen molar-refractivity contribution in [1.82, 2.24) is 14.8 Å². The lowest BCUT2D eigenvalue weighted by Gasteiger charge is -2.32. The Morgan fingerprint density at radius 1 is 1.43 bits per heavy atom. The predicted octanol–water partition coefficient (Wildman–Crippen LogP) is 2.36. The average molecular weight is 349 g/mol. The number of carbonyl (C=O) groups excluding carboxylic acids is 1. The topological polar surface area (TPSA) is 69.0 Å². The van der Waals surface area contributed by atoms with Crippen molar-refractivity contribution in [3.63, 3.8) is 0 Å². The molecule has 2 aromatic rings. The summed E-state index contributed by atoms with van der Waals surface area (Å²) < 4.78 is 7.56. The van der Waals surface area contributed by atoms with Gasteiger partial charge in [-0.15, -0.1) is 0 Å².